The summed E-state index contributed by atoms with van der Waals surface area (Å²) < 4.78 is 4.98. The lowest BCUT2D eigenvalue weighted by Crippen LogP contribution is -2.57. The van der Waals surface area contributed by atoms with E-state index in [1.54, 1.807) is 0 Å². The minimum absolute atomic E-state index is 0.0818. The largest absolute Gasteiger partial charge is 0.463 e. The van der Waals surface area contributed by atoms with Gasteiger partial charge in [-0.25, -0.2) is 0 Å². The quantitative estimate of drug-likeness (QED) is 0.615. The minimum Gasteiger partial charge on any atom is -0.463 e. The van der Waals surface area contributed by atoms with Crippen molar-refractivity contribution in [2.45, 2.75) is 32.4 Å². The zero-order chi connectivity index (χ0) is 10.1. The number of esters is 1. The average Bonchev–Trinajstić information content (AvgIpc) is 1.97. The first kappa shape index (κ1) is 10.5. The van der Waals surface area contributed by atoms with Crippen molar-refractivity contribution in [1.82, 2.24) is 4.90 Å². The van der Waals surface area contributed by atoms with Crippen LogP contribution in [0.1, 0.15) is 20.8 Å². The fourth-order valence-electron chi connectivity index (χ4n) is 1.42. The van der Waals surface area contributed by atoms with Gasteiger partial charge in [-0.2, -0.15) is 0 Å². The summed E-state index contributed by atoms with van der Waals surface area (Å²) in [7, 11) is 0. The summed E-state index contributed by atoms with van der Waals surface area (Å²) in [6.07, 6.45) is 0. The standard InChI is InChI=1S/C9H18N2O2/c1-7(10)4-11-5-8(12)13-6-9(11,2)3/h7H,4-6,10H2,1-3H3. The van der Waals surface area contributed by atoms with Crippen molar-refractivity contribution in [2.24, 2.45) is 5.73 Å². The van der Waals surface area contributed by atoms with E-state index in [1.807, 2.05) is 6.92 Å². The van der Waals surface area contributed by atoms with Gasteiger partial charge in [0.1, 0.15) is 6.61 Å². The topological polar surface area (TPSA) is 55.6 Å². The monoisotopic (exact) mass is 186 g/mol. The third kappa shape index (κ3) is 2.67. The first-order chi connectivity index (χ1) is 5.92. The van der Waals surface area contributed by atoms with E-state index < -0.39 is 0 Å². The smallest absolute Gasteiger partial charge is 0.320 e. The molecule has 0 radical (unpaired) electrons. The number of nitrogens with zero attached hydrogens (tertiary/aromatic N) is 1. The van der Waals surface area contributed by atoms with E-state index >= 15 is 0 Å². The molecule has 1 heterocycles. The number of nitrogens with two attached hydrogens (primary N) is 1. The molecule has 0 aromatic carbocycles. The lowest BCUT2D eigenvalue weighted by atomic mass is 10.0. The Labute approximate surface area is 79.0 Å². The maximum atomic E-state index is 11.0. The molecule has 1 fully saturated rings. The third-order valence-electron chi connectivity index (χ3n) is 2.27. The molecule has 76 valence electrons. The molecule has 1 unspecified atom stereocenters. The van der Waals surface area contributed by atoms with Gasteiger partial charge in [0, 0.05) is 12.6 Å². The van der Waals surface area contributed by atoms with Gasteiger partial charge in [-0.3, -0.25) is 9.69 Å². The molecule has 1 aliphatic rings. The zero-order valence-electron chi connectivity index (χ0n) is 8.54. The SMILES string of the molecule is CC(N)CN1CC(=O)OCC1(C)C. The first-order valence-corrected chi connectivity index (χ1v) is 4.58. The van der Waals surface area contributed by atoms with Crippen molar-refractivity contribution in [1.29, 1.82) is 0 Å². The van der Waals surface area contributed by atoms with Crippen molar-refractivity contribution >= 4 is 5.97 Å². The molecular formula is C9H18N2O2. The van der Waals surface area contributed by atoms with Gasteiger partial charge in [-0.15, -0.1) is 0 Å². The predicted octanol–water partition coefficient (Wildman–Crippen LogP) is -0.0290. The van der Waals surface area contributed by atoms with Crippen molar-refractivity contribution in [2.75, 3.05) is 19.7 Å². The van der Waals surface area contributed by atoms with Crippen LogP contribution in [0.15, 0.2) is 0 Å². The fraction of sp³-hybridized carbons (Fsp3) is 0.889. The van der Waals surface area contributed by atoms with Crippen molar-refractivity contribution in [3.63, 3.8) is 0 Å². The van der Waals surface area contributed by atoms with Crippen molar-refractivity contribution < 1.29 is 9.53 Å². The van der Waals surface area contributed by atoms with Crippen LogP contribution in [0.5, 0.6) is 0 Å². The highest BCUT2D eigenvalue weighted by Crippen LogP contribution is 2.19. The van der Waals surface area contributed by atoms with E-state index in [0.717, 1.165) is 6.54 Å². The second-order valence-corrected chi connectivity index (χ2v) is 4.33. The van der Waals surface area contributed by atoms with Crippen molar-refractivity contribution in [3.05, 3.63) is 0 Å². The van der Waals surface area contributed by atoms with Crippen LogP contribution < -0.4 is 5.73 Å². The molecule has 0 amide bonds. The van der Waals surface area contributed by atoms with Gasteiger partial charge in [0.05, 0.1) is 12.1 Å². The van der Waals surface area contributed by atoms with Gasteiger partial charge in [0.25, 0.3) is 0 Å². The Morgan fingerprint density at radius 2 is 2.31 bits per heavy atom. The van der Waals surface area contributed by atoms with E-state index in [9.17, 15) is 4.79 Å². The highest BCUT2D eigenvalue weighted by Gasteiger charge is 2.34. The van der Waals surface area contributed by atoms with Gasteiger partial charge >= 0.3 is 5.97 Å². The third-order valence-corrected chi connectivity index (χ3v) is 2.27. The molecule has 0 spiro atoms. The lowest BCUT2D eigenvalue weighted by molar-refractivity contribution is -0.160. The molecule has 1 rings (SSSR count). The second kappa shape index (κ2) is 3.64. The van der Waals surface area contributed by atoms with Crippen LogP contribution in [0.3, 0.4) is 0 Å². The summed E-state index contributed by atoms with van der Waals surface area (Å²) in [5, 5.41) is 0. The highest BCUT2D eigenvalue weighted by molar-refractivity contribution is 5.72. The lowest BCUT2D eigenvalue weighted by Gasteiger charge is -2.41. The molecule has 0 saturated carbocycles. The van der Waals surface area contributed by atoms with Gasteiger partial charge in [0.15, 0.2) is 0 Å². The Morgan fingerprint density at radius 3 is 2.85 bits per heavy atom. The Hall–Kier alpha value is -0.610. The number of morpholine rings is 1. The van der Waals surface area contributed by atoms with Crippen LogP contribution in [0.4, 0.5) is 0 Å². The number of carbonyl (C=O) groups excluding carboxylic acids is 1. The van der Waals surface area contributed by atoms with Crippen LogP contribution in [0, 0.1) is 0 Å². The summed E-state index contributed by atoms with van der Waals surface area (Å²) >= 11 is 0. The van der Waals surface area contributed by atoms with Gasteiger partial charge in [-0.05, 0) is 20.8 Å². The summed E-state index contributed by atoms with van der Waals surface area (Å²) in [5.74, 6) is -0.153. The summed E-state index contributed by atoms with van der Waals surface area (Å²) in [5.41, 5.74) is 5.61. The van der Waals surface area contributed by atoms with Crippen LogP contribution >= 0.6 is 0 Å². The summed E-state index contributed by atoms with van der Waals surface area (Å²) in [6, 6.07) is 0.0881. The maximum Gasteiger partial charge on any atom is 0.320 e. The molecule has 4 nitrogen and oxygen atoms in total. The Morgan fingerprint density at radius 1 is 1.69 bits per heavy atom. The van der Waals surface area contributed by atoms with Crippen LogP contribution in [-0.4, -0.2) is 42.1 Å². The van der Waals surface area contributed by atoms with Gasteiger partial charge < -0.3 is 10.5 Å². The molecule has 0 aromatic heterocycles. The predicted molar refractivity (Wildman–Crippen MR) is 50.3 cm³/mol. The normalized spacial score (nSPS) is 25.4. The fourth-order valence-corrected chi connectivity index (χ4v) is 1.42. The van der Waals surface area contributed by atoms with Gasteiger partial charge in [0.2, 0.25) is 0 Å². The zero-order valence-corrected chi connectivity index (χ0v) is 8.54. The first-order valence-electron chi connectivity index (χ1n) is 4.58. The van der Waals surface area contributed by atoms with E-state index in [4.69, 9.17) is 10.5 Å². The molecular weight excluding hydrogens is 168 g/mol. The highest BCUT2D eigenvalue weighted by atomic mass is 16.5. The van der Waals surface area contributed by atoms with Crippen LogP contribution in [0.2, 0.25) is 0 Å². The average molecular weight is 186 g/mol. The number of hydrogen-bond acceptors (Lipinski definition) is 4. The van der Waals surface area contributed by atoms with E-state index in [2.05, 4.69) is 18.7 Å². The van der Waals surface area contributed by atoms with Gasteiger partial charge in [-0.1, -0.05) is 0 Å². The van der Waals surface area contributed by atoms with Crippen LogP contribution in [-0.2, 0) is 9.53 Å². The second-order valence-electron chi connectivity index (χ2n) is 4.33. The van der Waals surface area contributed by atoms with E-state index in [1.165, 1.54) is 0 Å². The molecule has 1 saturated heterocycles. The molecule has 0 aromatic rings. The number of hydrogen-bond donors (Lipinski definition) is 1. The van der Waals surface area contributed by atoms with Crippen molar-refractivity contribution in [3.8, 4) is 0 Å². The molecule has 0 aliphatic carbocycles. The Balaban J connectivity index is 2.61. The molecule has 4 heteroatoms. The summed E-state index contributed by atoms with van der Waals surface area (Å²) in [4.78, 5) is 13.1. The molecule has 1 aliphatic heterocycles. The maximum absolute atomic E-state index is 11.0. The molecule has 1 atom stereocenters. The van der Waals surface area contributed by atoms with Crippen LogP contribution in [0.25, 0.3) is 0 Å². The molecule has 0 bridgehead atoms. The number of ether oxygens (including phenoxy) is 1. The Bertz CT molecular complexity index is 202. The van der Waals surface area contributed by atoms with E-state index in [0.29, 0.717) is 13.2 Å². The Kier molecular flexibility index (Phi) is 2.93. The minimum atomic E-state index is -0.153. The number of rotatable bonds is 2. The molecule has 2 N–H and O–H groups in total. The molecule has 13 heavy (non-hydrogen) atoms. The number of cyclic esters (lactones) is 1. The number of carbonyl (C=O) groups is 1. The summed E-state index contributed by atoms with van der Waals surface area (Å²) in [6.45, 7) is 7.61. The van der Waals surface area contributed by atoms with E-state index in [-0.39, 0.29) is 17.6 Å².